The molecular weight excluding hydrogens is 661 g/mol. The number of hydrogen-bond donors (Lipinski definition) is 0. The summed E-state index contributed by atoms with van der Waals surface area (Å²) < 4.78 is 35.3. The van der Waals surface area contributed by atoms with Crippen molar-refractivity contribution in [1.29, 1.82) is 0 Å². The topological polar surface area (TPSA) is 89.5 Å². The summed E-state index contributed by atoms with van der Waals surface area (Å²) in [6.07, 6.45) is 9.29. The predicted molar refractivity (Wildman–Crippen MR) is 204 cm³/mol. The highest BCUT2D eigenvalue weighted by Gasteiger charge is 2.39. The summed E-state index contributed by atoms with van der Waals surface area (Å²) in [4.78, 5) is 24.2. The third kappa shape index (κ3) is 15.4. The van der Waals surface area contributed by atoms with Gasteiger partial charge >= 0.3 is 11.9 Å². The van der Waals surface area contributed by atoms with E-state index in [9.17, 15) is 9.59 Å². The van der Waals surface area contributed by atoms with Gasteiger partial charge in [-0.05, 0) is 92.1 Å². The minimum Gasteiger partial charge on any atom is -0.497 e. The zero-order valence-electron chi connectivity index (χ0n) is 32.1. The Morgan fingerprint density at radius 1 is 1.00 bits per heavy atom. The molecule has 3 rings (SSSR count). The molecule has 0 spiro atoms. The molecule has 1 heterocycles. The average Bonchev–Trinajstić information content (AvgIpc) is 3.55. The standard InChI is InChI=1S/C42H60O8Si/c1-32(16-11-9-14-19-37-26-27-39(49-37)31-47-41(44)35-17-12-10-13-18-35)40(50-51(7,8)42(3,4)5)21-15-20-38(48-33(2)43)28-29-46-30-34-22-24-36(45-6)25-23-34/h10-13,16-18,22-25,32,37-40H,15,19-21,26-31H2,1-8H3/b16-11+/t32-,37?,38?,39?,40+/m1/s1. The first-order valence-electron chi connectivity index (χ1n) is 18.4. The van der Waals surface area contributed by atoms with Crippen molar-refractivity contribution in [2.75, 3.05) is 20.3 Å². The van der Waals surface area contributed by atoms with Gasteiger partial charge in [-0.15, -0.1) is 0 Å². The monoisotopic (exact) mass is 720 g/mol. The summed E-state index contributed by atoms with van der Waals surface area (Å²) in [5, 5.41) is 0.0784. The first-order chi connectivity index (χ1) is 24.3. The molecule has 1 fully saturated rings. The quantitative estimate of drug-likeness (QED) is 0.0615. The van der Waals surface area contributed by atoms with Crippen LogP contribution in [0.4, 0.5) is 0 Å². The predicted octanol–water partition coefficient (Wildman–Crippen LogP) is 9.08. The molecule has 5 atom stereocenters. The lowest BCUT2D eigenvalue weighted by Crippen LogP contribution is -2.45. The zero-order chi connectivity index (χ0) is 37.3. The van der Waals surface area contributed by atoms with Crippen molar-refractivity contribution in [3.8, 4) is 17.6 Å². The van der Waals surface area contributed by atoms with Crippen LogP contribution in [0, 0.1) is 17.8 Å². The molecule has 280 valence electrons. The van der Waals surface area contributed by atoms with Crippen LogP contribution < -0.4 is 4.74 Å². The fourth-order valence-corrected chi connectivity index (χ4v) is 7.03. The molecule has 1 aliphatic heterocycles. The minimum atomic E-state index is -2.04. The summed E-state index contributed by atoms with van der Waals surface area (Å²) in [6.45, 7) is 16.2. The van der Waals surface area contributed by atoms with Crippen LogP contribution in [0.5, 0.6) is 5.75 Å². The summed E-state index contributed by atoms with van der Waals surface area (Å²) in [5.41, 5.74) is 1.61. The van der Waals surface area contributed by atoms with Crippen molar-refractivity contribution in [1.82, 2.24) is 0 Å². The van der Waals surface area contributed by atoms with Crippen molar-refractivity contribution in [2.45, 2.75) is 129 Å². The Morgan fingerprint density at radius 3 is 2.37 bits per heavy atom. The minimum absolute atomic E-state index is 0.0192. The highest BCUT2D eigenvalue weighted by atomic mass is 28.4. The van der Waals surface area contributed by atoms with E-state index in [-0.39, 0.29) is 53.9 Å². The second-order valence-electron chi connectivity index (χ2n) is 14.9. The van der Waals surface area contributed by atoms with Crippen LogP contribution in [0.1, 0.15) is 95.5 Å². The van der Waals surface area contributed by atoms with Crippen molar-refractivity contribution >= 4 is 20.3 Å². The number of carbonyl (C=O) groups excluding carboxylic acids is 2. The molecule has 0 amide bonds. The van der Waals surface area contributed by atoms with E-state index in [4.69, 9.17) is 28.1 Å². The summed E-state index contributed by atoms with van der Waals surface area (Å²) in [5.74, 6) is 6.82. The highest BCUT2D eigenvalue weighted by Crippen LogP contribution is 2.39. The number of rotatable bonds is 19. The molecule has 0 radical (unpaired) electrons. The molecule has 0 bridgehead atoms. The van der Waals surface area contributed by atoms with Gasteiger partial charge in [-0.3, -0.25) is 4.79 Å². The van der Waals surface area contributed by atoms with Gasteiger partial charge in [0.2, 0.25) is 0 Å². The molecule has 51 heavy (non-hydrogen) atoms. The van der Waals surface area contributed by atoms with Gasteiger partial charge in [0.05, 0.1) is 44.2 Å². The van der Waals surface area contributed by atoms with Gasteiger partial charge < -0.3 is 28.1 Å². The maximum Gasteiger partial charge on any atom is 0.338 e. The van der Waals surface area contributed by atoms with Crippen LogP contribution in [-0.4, -0.2) is 65.0 Å². The lowest BCUT2D eigenvalue weighted by Gasteiger charge is -2.40. The van der Waals surface area contributed by atoms with Crippen LogP contribution in [-0.2, 0) is 34.8 Å². The Hall–Kier alpha value is -3.42. The van der Waals surface area contributed by atoms with Crippen LogP contribution >= 0.6 is 0 Å². The third-order valence-electron chi connectivity index (χ3n) is 9.72. The summed E-state index contributed by atoms with van der Waals surface area (Å²) in [6, 6.07) is 16.8. The van der Waals surface area contributed by atoms with Crippen LogP contribution in [0.15, 0.2) is 66.7 Å². The maximum absolute atomic E-state index is 12.2. The second-order valence-corrected chi connectivity index (χ2v) is 19.7. The Kier molecular flexibility index (Phi) is 17.4. The van der Waals surface area contributed by atoms with Gasteiger partial charge in [0.15, 0.2) is 8.32 Å². The van der Waals surface area contributed by atoms with Crippen molar-refractivity contribution in [2.24, 2.45) is 5.92 Å². The number of benzene rings is 2. The molecule has 2 aromatic carbocycles. The van der Waals surface area contributed by atoms with Gasteiger partial charge in [0, 0.05) is 19.8 Å². The van der Waals surface area contributed by atoms with E-state index in [1.54, 1.807) is 19.2 Å². The Labute approximate surface area is 307 Å². The molecule has 3 unspecified atom stereocenters. The number of methoxy groups -OCH3 is 1. The molecule has 8 nitrogen and oxygen atoms in total. The molecule has 2 aromatic rings. The van der Waals surface area contributed by atoms with E-state index < -0.39 is 8.32 Å². The van der Waals surface area contributed by atoms with Gasteiger partial charge in [-0.2, -0.15) is 0 Å². The van der Waals surface area contributed by atoms with Crippen LogP contribution in [0.25, 0.3) is 0 Å². The van der Waals surface area contributed by atoms with Crippen molar-refractivity contribution < 1.29 is 37.7 Å². The summed E-state index contributed by atoms with van der Waals surface area (Å²) in [7, 11) is -0.392. The SMILES string of the molecule is COc1ccc(COCCC(CCC[C@H](O[Si](C)(C)C(C)(C)C)[C@H](C)/C=C/C#CCC2CCC(COC(=O)c3ccccc3)O2)OC(C)=O)cc1. The van der Waals surface area contributed by atoms with Gasteiger partial charge in [0.25, 0.3) is 0 Å². The van der Waals surface area contributed by atoms with E-state index in [1.807, 2.05) is 48.5 Å². The Morgan fingerprint density at radius 2 is 1.71 bits per heavy atom. The van der Waals surface area contributed by atoms with E-state index in [0.717, 1.165) is 43.4 Å². The first kappa shape index (κ1) is 42.0. The third-order valence-corrected chi connectivity index (χ3v) is 14.2. The molecule has 1 aliphatic rings. The molecule has 0 saturated carbocycles. The fourth-order valence-electron chi connectivity index (χ4n) is 5.59. The number of carbonyl (C=O) groups is 2. The van der Waals surface area contributed by atoms with Gasteiger partial charge in [-0.25, -0.2) is 4.79 Å². The molecule has 9 heteroatoms. The Balaban J connectivity index is 1.48. The second kappa shape index (κ2) is 21.2. The Bertz CT molecular complexity index is 1420. The molecule has 0 aliphatic carbocycles. The van der Waals surface area contributed by atoms with Gasteiger partial charge in [-0.1, -0.05) is 75.9 Å². The number of hydrogen-bond acceptors (Lipinski definition) is 8. The van der Waals surface area contributed by atoms with E-state index in [2.05, 4.69) is 58.7 Å². The number of esters is 2. The van der Waals surface area contributed by atoms with Crippen molar-refractivity contribution in [3.05, 3.63) is 77.9 Å². The number of ether oxygens (including phenoxy) is 5. The van der Waals surface area contributed by atoms with E-state index >= 15 is 0 Å². The average molecular weight is 721 g/mol. The lowest BCUT2D eigenvalue weighted by molar-refractivity contribution is -0.147. The summed E-state index contributed by atoms with van der Waals surface area (Å²) >= 11 is 0. The smallest absolute Gasteiger partial charge is 0.338 e. The lowest BCUT2D eigenvalue weighted by atomic mass is 9.97. The molecular formula is C42H60O8Si. The fraction of sp³-hybridized carbons (Fsp3) is 0.571. The highest BCUT2D eigenvalue weighted by molar-refractivity contribution is 6.74. The number of allylic oxidation sites excluding steroid dienone is 1. The van der Waals surface area contributed by atoms with Crippen molar-refractivity contribution in [3.63, 3.8) is 0 Å². The van der Waals surface area contributed by atoms with Crippen LogP contribution in [0.2, 0.25) is 18.1 Å². The normalized spacial score (nSPS) is 18.0. The first-order valence-corrected chi connectivity index (χ1v) is 21.3. The zero-order valence-corrected chi connectivity index (χ0v) is 33.1. The van der Waals surface area contributed by atoms with Gasteiger partial charge in [0.1, 0.15) is 18.5 Å². The maximum atomic E-state index is 12.2. The molecule has 0 N–H and O–H groups in total. The van der Waals surface area contributed by atoms with Crippen LogP contribution in [0.3, 0.4) is 0 Å². The molecule has 0 aromatic heterocycles. The van der Waals surface area contributed by atoms with E-state index in [1.165, 1.54) is 6.92 Å². The van der Waals surface area contributed by atoms with E-state index in [0.29, 0.717) is 31.6 Å². The largest absolute Gasteiger partial charge is 0.497 e. The molecule has 1 saturated heterocycles.